The Morgan fingerprint density at radius 1 is 1.29 bits per heavy atom. The smallest absolute Gasteiger partial charge is 0.339 e. The Morgan fingerprint density at radius 3 is 2.62 bits per heavy atom. The van der Waals surface area contributed by atoms with Crippen molar-refractivity contribution in [1.82, 2.24) is 4.98 Å². The number of carbonyl (C=O) groups is 1. The van der Waals surface area contributed by atoms with Gasteiger partial charge in [0.15, 0.2) is 9.84 Å². The average Bonchev–Trinajstić information content (AvgIpc) is 2.40. The topological polar surface area (TPSA) is 93.6 Å². The molecule has 21 heavy (non-hydrogen) atoms. The highest BCUT2D eigenvalue weighted by Gasteiger charge is 2.19. The first-order valence-electron chi connectivity index (χ1n) is 5.96. The summed E-state index contributed by atoms with van der Waals surface area (Å²) in [6, 6.07) is 7.41. The molecule has 0 spiro atoms. The van der Waals surface area contributed by atoms with E-state index in [0.717, 1.165) is 11.8 Å². The molecule has 7 heteroatoms. The third-order valence-corrected chi connectivity index (χ3v) is 3.82. The van der Waals surface area contributed by atoms with Gasteiger partial charge in [0.05, 0.1) is 0 Å². The van der Waals surface area contributed by atoms with Crippen LogP contribution in [0.5, 0.6) is 11.6 Å². The van der Waals surface area contributed by atoms with Gasteiger partial charge >= 0.3 is 5.97 Å². The van der Waals surface area contributed by atoms with E-state index < -0.39 is 15.8 Å². The van der Waals surface area contributed by atoms with Crippen LogP contribution in [-0.4, -0.2) is 30.7 Å². The van der Waals surface area contributed by atoms with Gasteiger partial charge in [-0.2, -0.15) is 0 Å². The number of pyridine rings is 1. The second kappa shape index (κ2) is 5.53. The Hall–Kier alpha value is -2.41. The SMILES string of the molecule is Cc1ccc(Oc2ncccc2S(C)(=O)=O)c(C(=O)O)c1. The summed E-state index contributed by atoms with van der Waals surface area (Å²) < 4.78 is 28.8. The van der Waals surface area contributed by atoms with Gasteiger partial charge in [0.2, 0.25) is 5.88 Å². The minimum absolute atomic E-state index is 0.0386. The summed E-state index contributed by atoms with van der Waals surface area (Å²) in [5, 5.41) is 9.18. The largest absolute Gasteiger partial charge is 0.478 e. The fourth-order valence-corrected chi connectivity index (χ4v) is 2.48. The van der Waals surface area contributed by atoms with Crippen molar-refractivity contribution in [1.29, 1.82) is 0 Å². The number of hydrogen-bond donors (Lipinski definition) is 1. The zero-order valence-corrected chi connectivity index (χ0v) is 12.2. The molecular formula is C14H13NO5S. The molecule has 0 bridgehead atoms. The normalized spacial score (nSPS) is 11.1. The lowest BCUT2D eigenvalue weighted by molar-refractivity contribution is 0.0694. The molecule has 6 nitrogen and oxygen atoms in total. The van der Waals surface area contributed by atoms with E-state index in [1.54, 1.807) is 13.0 Å². The quantitative estimate of drug-likeness (QED) is 0.931. The number of carboxylic acid groups (broad SMARTS) is 1. The number of ether oxygens (including phenoxy) is 1. The van der Waals surface area contributed by atoms with E-state index in [-0.39, 0.29) is 22.1 Å². The Labute approximate surface area is 121 Å². The van der Waals surface area contributed by atoms with E-state index in [1.165, 1.54) is 30.5 Å². The molecule has 0 aliphatic rings. The number of nitrogens with zero attached hydrogens (tertiary/aromatic N) is 1. The van der Waals surface area contributed by atoms with Crippen LogP contribution in [0, 0.1) is 6.92 Å². The molecule has 0 saturated heterocycles. The van der Waals surface area contributed by atoms with E-state index >= 15 is 0 Å². The van der Waals surface area contributed by atoms with Crippen LogP contribution in [0.1, 0.15) is 15.9 Å². The summed E-state index contributed by atoms with van der Waals surface area (Å²) in [6.45, 7) is 1.75. The molecule has 1 heterocycles. The predicted octanol–water partition coefficient (Wildman–Crippen LogP) is 2.28. The zero-order chi connectivity index (χ0) is 15.6. The number of aromatic carboxylic acids is 1. The molecule has 0 unspecified atom stereocenters. The number of hydrogen-bond acceptors (Lipinski definition) is 5. The number of sulfone groups is 1. The third kappa shape index (κ3) is 3.38. The molecule has 0 saturated carbocycles. The van der Waals surface area contributed by atoms with Crippen LogP contribution in [0.25, 0.3) is 0 Å². The zero-order valence-electron chi connectivity index (χ0n) is 11.4. The number of aryl methyl sites for hydroxylation is 1. The maximum atomic E-state index is 11.7. The fourth-order valence-electron chi connectivity index (χ4n) is 1.74. The molecule has 0 atom stereocenters. The van der Waals surface area contributed by atoms with Gasteiger partial charge in [0.1, 0.15) is 16.2 Å². The highest BCUT2D eigenvalue weighted by molar-refractivity contribution is 7.90. The number of rotatable bonds is 4. The van der Waals surface area contributed by atoms with Gasteiger partial charge in [-0.3, -0.25) is 0 Å². The van der Waals surface area contributed by atoms with Crippen molar-refractivity contribution in [2.75, 3.05) is 6.26 Å². The summed E-state index contributed by atoms with van der Waals surface area (Å²) in [4.78, 5) is 15.0. The van der Waals surface area contributed by atoms with Crippen molar-refractivity contribution in [2.24, 2.45) is 0 Å². The van der Waals surface area contributed by atoms with Crippen molar-refractivity contribution in [2.45, 2.75) is 11.8 Å². The number of carboxylic acids is 1. The molecule has 0 radical (unpaired) electrons. The lowest BCUT2D eigenvalue weighted by atomic mass is 10.1. The highest BCUT2D eigenvalue weighted by atomic mass is 32.2. The summed E-state index contributed by atoms with van der Waals surface area (Å²) in [5.74, 6) is -1.27. The number of aromatic nitrogens is 1. The van der Waals surface area contributed by atoms with E-state index in [9.17, 15) is 18.3 Å². The molecule has 2 aromatic rings. The Balaban J connectivity index is 2.52. The van der Waals surface area contributed by atoms with E-state index in [1.807, 2.05) is 0 Å². The minimum atomic E-state index is -3.53. The molecule has 0 amide bonds. The van der Waals surface area contributed by atoms with Gasteiger partial charge in [-0.15, -0.1) is 0 Å². The monoisotopic (exact) mass is 307 g/mol. The molecule has 1 N–H and O–H groups in total. The molecule has 0 aliphatic carbocycles. The summed E-state index contributed by atoms with van der Waals surface area (Å²) in [7, 11) is -3.53. The molecule has 2 rings (SSSR count). The highest BCUT2D eigenvalue weighted by Crippen LogP contribution is 2.29. The molecule has 0 fully saturated rings. The van der Waals surface area contributed by atoms with E-state index in [2.05, 4.69) is 4.98 Å². The first kappa shape index (κ1) is 15.0. The molecule has 110 valence electrons. The van der Waals surface area contributed by atoms with Gasteiger partial charge in [-0.1, -0.05) is 11.6 Å². The lowest BCUT2D eigenvalue weighted by Crippen LogP contribution is -2.05. The Morgan fingerprint density at radius 2 is 2.00 bits per heavy atom. The minimum Gasteiger partial charge on any atom is -0.478 e. The van der Waals surface area contributed by atoms with Crippen LogP contribution >= 0.6 is 0 Å². The second-order valence-corrected chi connectivity index (χ2v) is 6.47. The van der Waals surface area contributed by atoms with Crippen molar-refractivity contribution < 1.29 is 23.1 Å². The van der Waals surface area contributed by atoms with Crippen LogP contribution in [0.2, 0.25) is 0 Å². The van der Waals surface area contributed by atoms with Crippen molar-refractivity contribution in [3.8, 4) is 11.6 Å². The predicted molar refractivity (Wildman–Crippen MR) is 75.6 cm³/mol. The van der Waals surface area contributed by atoms with Crippen molar-refractivity contribution in [3.63, 3.8) is 0 Å². The van der Waals surface area contributed by atoms with Crippen molar-refractivity contribution in [3.05, 3.63) is 47.7 Å². The van der Waals surface area contributed by atoms with Gasteiger partial charge in [0, 0.05) is 12.5 Å². The maximum Gasteiger partial charge on any atom is 0.339 e. The van der Waals surface area contributed by atoms with Crippen LogP contribution in [0.15, 0.2) is 41.4 Å². The average molecular weight is 307 g/mol. The second-order valence-electron chi connectivity index (χ2n) is 4.49. The van der Waals surface area contributed by atoms with Crippen LogP contribution in [-0.2, 0) is 9.84 Å². The molecule has 1 aromatic heterocycles. The van der Waals surface area contributed by atoms with Crippen LogP contribution in [0.3, 0.4) is 0 Å². The Kier molecular flexibility index (Phi) is 3.95. The summed E-state index contributed by atoms with van der Waals surface area (Å²) in [5.41, 5.74) is 0.698. The van der Waals surface area contributed by atoms with E-state index in [4.69, 9.17) is 4.74 Å². The summed E-state index contributed by atoms with van der Waals surface area (Å²) in [6.07, 6.45) is 2.41. The van der Waals surface area contributed by atoms with E-state index in [0.29, 0.717) is 0 Å². The van der Waals surface area contributed by atoms with Gasteiger partial charge in [-0.25, -0.2) is 18.2 Å². The fraction of sp³-hybridized carbons (Fsp3) is 0.143. The third-order valence-electron chi connectivity index (χ3n) is 2.71. The first-order chi connectivity index (χ1) is 9.79. The first-order valence-corrected chi connectivity index (χ1v) is 7.85. The van der Waals surface area contributed by atoms with Gasteiger partial charge in [0.25, 0.3) is 0 Å². The lowest BCUT2D eigenvalue weighted by Gasteiger charge is -2.11. The number of benzene rings is 1. The van der Waals surface area contributed by atoms with Crippen molar-refractivity contribution >= 4 is 15.8 Å². The summed E-state index contributed by atoms with van der Waals surface area (Å²) >= 11 is 0. The van der Waals surface area contributed by atoms with Gasteiger partial charge < -0.3 is 9.84 Å². The maximum absolute atomic E-state index is 11.7. The van der Waals surface area contributed by atoms with Crippen LogP contribution < -0.4 is 4.74 Å². The molecule has 0 aliphatic heterocycles. The van der Waals surface area contributed by atoms with Crippen LogP contribution in [0.4, 0.5) is 0 Å². The van der Waals surface area contributed by atoms with Gasteiger partial charge in [-0.05, 0) is 31.2 Å². The Bertz CT molecular complexity index is 799. The molecular weight excluding hydrogens is 294 g/mol. The standard InChI is InChI=1S/C14H13NO5S/c1-9-5-6-11(10(8-9)14(16)17)20-13-12(21(2,18)19)4-3-7-15-13/h3-8H,1-2H3,(H,16,17). The molecule has 1 aromatic carbocycles.